The Morgan fingerprint density at radius 3 is 2.13 bits per heavy atom. The number of piperazine rings is 1. The van der Waals surface area contributed by atoms with Crippen LogP contribution in [0, 0.1) is 12.7 Å². The Bertz CT molecular complexity index is 3350. The molecule has 4 aromatic carbocycles. The van der Waals surface area contributed by atoms with Crippen molar-refractivity contribution in [3.05, 3.63) is 158 Å². The van der Waals surface area contributed by atoms with Crippen LogP contribution < -0.4 is 15.2 Å². The average Bonchev–Trinajstić information content (AvgIpc) is 2.31. The molecule has 3 aliphatic heterocycles. The summed E-state index contributed by atoms with van der Waals surface area (Å²) in [6, 6.07) is 27.6. The molecule has 83 heavy (non-hydrogen) atoms. The van der Waals surface area contributed by atoms with Crippen LogP contribution in [0.5, 0.6) is 11.5 Å². The first-order chi connectivity index (χ1) is 39.6. The average molecular weight is 1170 g/mol. The van der Waals surface area contributed by atoms with Crippen LogP contribution in [0.15, 0.2) is 102 Å². The first-order valence-electron chi connectivity index (χ1n) is 29.4. The van der Waals surface area contributed by atoms with Gasteiger partial charge in [-0.2, -0.15) is 5.10 Å². The van der Waals surface area contributed by atoms with Gasteiger partial charge in [-0.15, -0.1) is 0 Å². The molecule has 0 saturated carbocycles. The third-order valence-corrected chi connectivity index (χ3v) is 17.6. The number of aliphatic imine (C=N–C) groups is 1. The second-order valence-corrected chi connectivity index (χ2v) is 24.7. The van der Waals surface area contributed by atoms with Gasteiger partial charge in [-0.05, 0) is 143 Å². The summed E-state index contributed by atoms with van der Waals surface area (Å²) in [6.07, 6.45) is 8.72. The lowest BCUT2D eigenvalue weighted by molar-refractivity contribution is -0.119. The Kier molecular flexibility index (Phi) is 18.7. The predicted molar refractivity (Wildman–Crippen MR) is 328 cm³/mol. The summed E-state index contributed by atoms with van der Waals surface area (Å²) < 4.78 is 29.1. The van der Waals surface area contributed by atoms with Crippen LogP contribution in [-0.2, 0) is 34.4 Å². The number of urea groups is 1. The second kappa shape index (κ2) is 25.6. The van der Waals surface area contributed by atoms with Gasteiger partial charge in [0.1, 0.15) is 40.4 Å². The number of pyridine rings is 1. The Morgan fingerprint density at radius 2 is 1.46 bits per heavy atom. The number of aromatic nitrogens is 3. The molecule has 0 radical (unpaired) electrons. The molecule has 14 nitrogen and oxygen atoms in total. The number of carbonyl (C=O) groups excluding carboxylic acids is 3. The minimum Gasteiger partial charge on any atom is -0.493 e. The number of amides is 3. The van der Waals surface area contributed by atoms with Gasteiger partial charge in [0, 0.05) is 91.1 Å². The van der Waals surface area contributed by atoms with Gasteiger partial charge < -0.3 is 25.0 Å². The van der Waals surface area contributed by atoms with Crippen molar-refractivity contribution in [3.8, 4) is 22.6 Å². The monoisotopic (exact) mass is 1170 g/mol. The van der Waals surface area contributed by atoms with Crippen LogP contribution in [0.4, 0.5) is 15.0 Å². The number of anilines is 1. The van der Waals surface area contributed by atoms with E-state index >= 15 is 4.79 Å². The smallest absolute Gasteiger partial charge is 0.326 e. The molecule has 1 saturated heterocycles. The van der Waals surface area contributed by atoms with E-state index in [9.17, 15) is 14.0 Å². The van der Waals surface area contributed by atoms with Crippen molar-refractivity contribution < 1.29 is 28.2 Å². The molecule has 0 aliphatic carbocycles. The number of aryl methyl sites for hydroxylation is 2. The quantitative estimate of drug-likeness (QED) is 0.0829. The zero-order chi connectivity index (χ0) is 59.4. The molecule has 2 bridgehead atoms. The van der Waals surface area contributed by atoms with Crippen molar-refractivity contribution in [1.29, 1.82) is 0 Å². The lowest BCUT2D eigenvalue weighted by Crippen LogP contribution is -2.60. The lowest BCUT2D eigenvalue weighted by atomic mass is 9.71. The Balaban J connectivity index is 0.772. The van der Waals surface area contributed by atoms with Crippen LogP contribution >= 0.6 is 23.2 Å². The zero-order valence-corrected chi connectivity index (χ0v) is 51.2. The van der Waals surface area contributed by atoms with E-state index in [4.69, 9.17) is 48.5 Å². The lowest BCUT2D eigenvalue weighted by Gasteiger charge is -2.47. The van der Waals surface area contributed by atoms with Gasteiger partial charge in [0.15, 0.2) is 11.6 Å². The van der Waals surface area contributed by atoms with Gasteiger partial charge >= 0.3 is 6.03 Å². The highest BCUT2D eigenvalue weighted by atomic mass is 35.5. The van der Waals surface area contributed by atoms with Gasteiger partial charge in [-0.25, -0.2) is 14.2 Å². The summed E-state index contributed by atoms with van der Waals surface area (Å²) in [7, 11) is 1.72. The third-order valence-electron chi connectivity index (χ3n) is 17.1. The number of benzene rings is 4. The Hall–Kier alpha value is -6.81. The van der Waals surface area contributed by atoms with Crippen LogP contribution in [0.1, 0.15) is 162 Å². The van der Waals surface area contributed by atoms with E-state index in [1.54, 1.807) is 25.1 Å². The number of halogens is 3. The van der Waals surface area contributed by atoms with Gasteiger partial charge in [-0.3, -0.25) is 29.1 Å². The highest BCUT2D eigenvalue weighted by Gasteiger charge is 2.60. The van der Waals surface area contributed by atoms with E-state index in [2.05, 4.69) is 62.7 Å². The van der Waals surface area contributed by atoms with Gasteiger partial charge in [0.2, 0.25) is 0 Å². The molecule has 17 heteroatoms. The van der Waals surface area contributed by atoms with Crippen molar-refractivity contribution in [2.75, 3.05) is 52.1 Å². The number of amidine groups is 1. The minimum atomic E-state index is -1.00. The number of ketones is 1. The van der Waals surface area contributed by atoms with E-state index in [1.165, 1.54) is 18.2 Å². The molecular formula is C66H80Cl2FN9O5. The number of carbonyl (C=O) groups is 3. The number of hydrogen-bond acceptors (Lipinski definition) is 10. The fourth-order valence-corrected chi connectivity index (χ4v) is 12.3. The van der Waals surface area contributed by atoms with Gasteiger partial charge in [0.25, 0.3) is 5.91 Å². The van der Waals surface area contributed by atoms with Gasteiger partial charge in [-0.1, -0.05) is 100.0 Å². The summed E-state index contributed by atoms with van der Waals surface area (Å²) in [5.41, 5.74) is 11.7. The molecule has 2 aromatic heterocycles. The van der Waals surface area contributed by atoms with E-state index in [-0.39, 0.29) is 35.5 Å². The molecule has 9 rings (SSSR count). The number of ether oxygens (including phenoxy) is 2. The van der Waals surface area contributed by atoms with Crippen molar-refractivity contribution in [2.24, 2.45) is 4.99 Å². The maximum Gasteiger partial charge on any atom is 0.326 e. The molecule has 5 heterocycles. The fraction of sp³-hybridized carbons (Fsp3) is 0.455. The summed E-state index contributed by atoms with van der Waals surface area (Å²) >= 11 is 13.0. The molecular weight excluding hydrogens is 1090 g/mol. The molecule has 3 amide bonds. The number of nitrogen functional groups attached to an aromatic ring is 1. The molecule has 3 atom stereocenters. The zero-order valence-electron chi connectivity index (χ0n) is 49.7. The predicted octanol–water partition coefficient (Wildman–Crippen LogP) is 14.1. The highest BCUT2D eigenvalue weighted by molar-refractivity contribution is 6.30. The minimum absolute atomic E-state index is 0.112. The van der Waals surface area contributed by atoms with Crippen molar-refractivity contribution in [1.82, 2.24) is 34.4 Å². The number of rotatable bonds is 18. The van der Waals surface area contributed by atoms with Gasteiger partial charge in [0.05, 0.1) is 30.1 Å². The summed E-state index contributed by atoms with van der Waals surface area (Å²) in [5, 5.41) is 6.12. The number of nitrogens with zero attached hydrogens (tertiary/aromatic N) is 8. The topological polar surface area (TPSA) is 152 Å². The first-order valence-corrected chi connectivity index (χ1v) is 30.1. The van der Waals surface area contributed by atoms with Crippen LogP contribution in [0.25, 0.3) is 11.1 Å². The van der Waals surface area contributed by atoms with Crippen molar-refractivity contribution in [2.45, 2.75) is 149 Å². The van der Waals surface area contributed by atoms with Crippen molar-refractivity contribution >= 4 is 52.6 Å². The SMILES string of the molecule is CCOc1cc(C(C)(C)C)ccc1C1=N[C@](C)(c2ccc(Cl)cc2)[C@](C)(c2ccc(Cl)cc2)N1C(=O)N1CCN(CCCCCCCCC(=O)CCCn2nc(C)c3c2CN(C)C(=O)c2ccc(F)cc2[C@@H](C)Oc2cc-3cnc2N)CC1. The van der Waals surface area contributed by atoms with E-state index in [0.29, 0.717) is 84.0 Å². The molecule has 0 spiro atoms. The first kappa shape index (κ1) is 60.8. The van der Waals surface area contributed by atoms with Crippen LogP contribution in [0.2, 0.25) is 10.0 Å². The van der Waals surface area contributed by atoms with Crippen LogP contribution in [0.3, 0.4) is 0 Å². The number of Topliss-reactive ketones (excluding diaryl/α,β-unsaturated/α-hetero) is 1. The third kappa shape index (κ3) is 13.0. The Labute approximate surface area is 499 Å². The number of hydrogen-bond donors (Lipinski definition) is 1. The molecule has 2 N–H and O–H groups in total. The summed E-state index contributed by atoms with van der Waals surface area (Å²) in [4.78, 5) is 60.7. The normalized spacial score (nSPS) is 19.4. The molecule has 0 unspecified atom stereocenters. The summed E-state index contributed by atoms with van der Waals surface area (Å²) in [6.45, 7) is 21.2. The van der Waals surface area contributed by atoms with E-state index in [1.807, 2.05) is 82.9 Å². The maximum absolute atomic E-state index is 15.6. The maximum atomic E-state index is 15.6. The fourth-order valence-electron chi connectivity index (χ4n) is 12.1. The van der Waals surface area contributed by atoms with E-state index < -0.39 is 23.0 Å². The highest BCUT2D eigenvalue weighted by Crippen LogP contribution is 2.54. The largest absolute Gasteiger partial charge is 0.493 e. The van der Waals surface area contributed by atoms with Crippen LogP contribution in [-0.4, -0.2) is 104 Å². The Morgan fingerprint density at radius 1 is 0.819 bits per heavy atom. The molecule has 440 valence electrons. The second-order valence-electron chi connectivity index (χ2n) is 23.8. The molecule has 1 fully saturated rings. The number of fused-ring (bicyclic) bond motifs is 5. The van der Waals surface area contributed by atoms with Crippen molar-refractivity contribution in [3.63, 3.8) is 0 Å². The standard InChI is InChI=1S/C66H80Cl2FN9O5/c1-10-82-57-39-48(64(4,5)6)24-30-54(57)61-72-65(7,46-20-25-49(67)26-21-46)66(8,47-22-27-50(68)28-23-47)78(61)63(81)76-36-34-75(35-37-76)32-16-14-12-11-13-15-18-52(79)19-17-33-77-56-42-74(9)62(80)53-31-29-51(69)40-55(53)44(3)83-58-38-45(41-71-60(58)70)59(56)43(2)73-77/h20-31,38-41,44H,10-19,32-37,42H2,1-9H3,(H2,70,71)/t44-,65-,66+/m1/s1. The summed E-state index contributed by atoms with van der Waals surface area (Å²) in [5.74, 6) is 1.22. The van der Waals surface area contributed by atoms with E-state index in [0.717, 1.165) is 103 Å². The number of unbranched alkanes of at least 4 members (excludes halogenated alkanes) is 5. The molecule has 6 aromatic rings. The number of nitrogens with two attached hydrogens (primary N) is 1. The molecule has 3 aliphatic rings.